The first-order valence-corrected chi connectivity index (χ1v) is 11.2. The zero-order valence-electron chi connectivity index (χ0n) is 19.7. The molecule has 0 unspecified atom stereocenters. The van der Waals surface area contributed by atoms with Crippen molar-refractivity contribution in [3.05, 3.63) is 47.5 Å². The van der Waals surface area contributed by atoms with E-state index < -0.39 is 29.5 Å². The summed E-state index contributed by atoms with van der Waals surface area (Å²) >= 11 is 0. The fourth-order valence-electron chi connectivity index (χ4n) is 4.02. The Balaban J connectivity index is 1.69. The van der Waals surface area contributed by atoms with Crippen molar-refractivity contribution in [3.63, 3.8) is 0 Å². The number of carbonyl (C=O) groups excluding carboxylic acids is 1. The van der Waals surface area contributed by atoms with Gasteiger partial charge in [0.1, 0.15) is 11.9 Å². The highest BCUT2D eigenvalue weighted by Gasteiger charge is 2.37. The van der Waals surface area contributed by atoms with Crippen LogP contribution in [-0.4, -0.2) is 66.6 Å². The molecule has 0 saturated carbocycles. The van der Waals surface area contributed by atoms with E-state index in [1.165, 1.54) is 12.1 Å². The number of alkyl halides is 6. The molecular weight excluding hydrogens is 488 g/mol. The van der Waals surface area contributed by atoms with Gasteiger partial charge in [-0.3, -0.25) is 4.79 Å². The van der Waals surface area contributed by atoms with Gasteiger partial charge in [0, 0.05) is 12.1 Å². The van der Waals surface area contributed by atoms with Gasteiger partial charge < -0.3 is 14.7 Å². The lowest BCUT2D eigenvalue weighted by Crippen LogP contribution is -2.51. The number of hydrogen-bond acceptors (Lipinski definition) is 4. The number of nitrogens with one attached hydrogen (secondary N) is 1. The van der Waals surface area contributed by atoms with Crippen LogP contribution < -0.4 is 5.32 Å². The minimum absolute atomic E-state index is 0.0443. The van der Waals surface area contributed by atoms with E-state index in [9.17, 15) is 36.4 Å². The third-order valence-electron chi connectivity index (χ3n) is 5.94. The molecule has 194 valence electrons. The molecular formula is C24H26F6N5O+. The van der Waals surface area contributed by atoms with Gasteiger partial charge >= 0.3 is 12.4 Å². The molecule has 2 aromatic rings. The highest BCUT2D eigenvalue weighted by Crippen LogP contribution is 2.38. The van der Waals surface area contributed by atoms with E-state index in [1.54, 1.807) is 11.0 Å². The fourth-order valence-corrected chi connectivity index (χ4v) is 4.02. The Labute approximate surface area is 204 Å². The summed E-state index contributed by atoms with van der Waals surface area (Å²) in [6, 6.07) is 7.46. The van der Waals surface area contributed by atoms with Gasteiger partial charge in [0.15, 0.2) is 6.54 Å². The van der Waals surface area contributed by atoms with Gasteiger partial charge in [-0.05, 0) is 43.2 Å². The molecule has 0 aliphatic carbocycles. The third-order valence-corrected chi connectivity index (χ3v) is 5.94. The SMILES string of the molecule is C[N+](C)(CCNc1cccc(-c2cc(C(F)(F)F)cc(C(F)(F)F)c2)n1)CC(=O)N1CCC[C@H]1C#N. The van der Waals surface area contributed by atoms with E-state index in [4.69, 9.17) is 0 Å². The fraction of sp³-hybridized carbons (Fsp3) is 0.458. The van der Waals surface area contributed by atoms with Gasteiger partial charge in [-0.15, -0.1) is 0 Å². The number of nitrogens with zero attached hydrogens (tertiary/aromatic N) is 4. The largest absolute Gasteiger partial charge is 0.416 e. The molecule has 1 amide bonds. The number of aromatic nitrogens is 1. The van der Waals surface area contributed by atoms with Crippen molar-refractivity contribution in [2.45, 2.75) is 31.2 Å². The summed E-state index contributed by atoms with van der Waals surface area (Å²) < 4.78 is 79.5. The summed E-state index contributed by atoms with van der Waals surface area (Å²) in [5, 5.41) is 12.2. The number of anilines is 1. The van der Waals surface area contributed by atoms with Crippen molar-refractivity contribution >= 4 is 11.7 Å². The smallest absolute Gasteiger partial charge is 0.364 e. The highest BCUT2D eigenvalue weighted by molar-refractivity contribution is 5.78. The van der Waals surface area contributed by atoms with Crippen molar-refractivity contribution in [3.8, 4) is 17.3 Å². The van der Waals surface area contributed by atoms with Crippen molar-refractivity contribution in [2.24, 2.45) is 0 Å². The summed E-state index contributed by atoms with van der Waals surface area (Å²) in [5.74, 6) is 0.156. The van der Waals surface area contributed by atoms with Crippen molar-refractivity contribution < 1.29 is 35.6 Å². The second-order valence-corrected chi connectivity index (χ2v) is 9.32. The predicted molar refractivity (Wildman–Crippen MR) is 120 cm³/mol. The molecule has 1 aromatic carbocycles. The maximum Gasteiger partial charge on any atom is 0.416 e. The monoisotopic (exact) mass is 514 g/mol. The molecule has 1 aliphatic heterocycles. The average molecular weight is 514 g/mol. The lowest BCUT2D eigenvalue weighted by atomic mass is 10.0. The van der Waals surface area contributed by atoms with Crippen molar-refractivity contribution in [2.75, 3.05) is 45.6 Å². The Kier molecular flexibility index (Phi) is 7.83. The van der Waals surface area contributed by atoms with Crippen LogP contribution >= 0.6 is 0 Å². The Morgan fingerprint density at radius 3 is 2.36 bits per heavy atom. The summed E-state index contributed by atoms with van der Waals surface area (Å²) in [7, 11) is 3.70. The predicted octanol–water partition coefficient (Wildman–Crippen LogP) is 4.79. The van der Waals surface area contributed by atoms with Crippen LogP contribution in [0, 0.1) is 11.3 Å². The minimum Gasteiger partial charge on any atom is -0.364 e. The van der Waals surface area contributed by atoms with Crippen LogP contribution in [0.15, 0.2) is 36.4 Å². The van der Waals surface area contributed by atoms with Gasteiger partial charge in [-0.1, -0.05) is 6.07 Å². The van der Waals surface area contributed by atoms with Crippen LogP contribution in [0.1, 0.15) is 24.0 Å². The molecule has 0 radical (unpaired) electrons. The Morgan fingerprint density at radius 2 is 1.78 bits per heavy atom. The zero-order valence-corrected chi connectivity index (χ0v) is 19.7. The van der Waals surface area contributed by atoms with E-state index in [0.717, 1.165) is 6.42 Å². The van der Waals surface area contributed by atoms with Gasteiger partial charge in [-0.25, -0.2) is 4.98 Å². The normalized spacial score (nSPS) is 16.6. The van der Waals surface area contributed by atoms with Crippen LogP contribution in [0.5, 0.6) is 0 Å². The Morgan fingerprint density at radius 1 is 1.14 bits per heavy atom. The maximum absolute atomic E-state index is 13.2. The molecule has 2 heterocycles. The average Bonchev–Trinajstić information content (AvgIpc) is 3.26. The van der Waals surface area contributed by atoms with E-state index >= 15 is 0 Å². The van der Waals surface area contributed by atoms with Crippen molar-refractivity contribution in [1.82, 2.24) is 9.88 Å². The van der Waals surface area contributed by atoms with Crippen LogP contribution in [0.3, 0.4) is 0 Å². The molecule has 6 nitrogen and oxygen atoms in total. The zero-order chi connectivity index (χ0) is 26.7. The number of benzene rings is 1. The number of likely N-dealkylation sites (tertiary alicyclic amines) is 1. The van der Waals surface area contributed by atoms with Gasteiger partial charge in [0.05, 0.1) is 50.1 Å². The summed E-state index contributed by atoms with van der Waals surface area (Å²) in [4.78, 5) is 18.4. The highest BCUT2D eigenvalue weighted by atomic mass is 19.4. The van der Waals surface area contributed by atoms with Crippen LogP contribution in [0.2, 0.25) is 0 Å². The maximum atomic E-state index is 13.2. The lowest BCUT2D eigenvalue weighted by Gasteiger charge is -2.31. The lowest BCUT2D eigenvalue weighted by molar-refractivity contribution is -0.881. The molecule has 1 fully saturated rings. The van der Waals surface area contributed by atoms with E-state index in [1.807, 2.05) is 14.1 Å². The number of hydrogen-bond donors (Lipinski definition) is 1. The minimum atomic E-state index is -4.95. The number of amides is 1. The number of quaternary nitrogens is 1. The third kappa shape index (κ3) is 6.87. The van der Waals surface area contributed by atoms with E-state index in [2.05, 4.69) is 16.4 Å². The molecule has 0 bridgehead atoms. The van der Waals surface area contributed by atoms with Crippen LogP contribution in [0.25, 0.3) is 11.3 Å². The second kappa shape index (κ2) is 10.3. The summed E-state index contributed by atoms with van der Waals surface area (Å²) in [6.45, 7) is 1.55. The molecule has 1 aliphatic rings. The Bertz CT molecular complexity index is 1110. The van der Waals surface area contributed by atoms with Crippen molar-refractivity contribution in [1.29, 1.82) is 5.26 Å². The molecule has 0 spiro atoms. The first kappa shape index (κ1) is 27.3. The number of likely N-dealkylation sites (N-methyl/N-ethyl adjacent to an activating group) is 1. The van der Waals surface area contributed by atoms with Gasteiger partial charge in [-0.2, -0.15) is 31.6 Å². The number of halogens is 6. The van der Waals surface area contributed by atoms with E-state index in [0.29, 0.717) is 42.7 Å². The number of carbonyl (C=O) groups is 1. The van der Waals surface area contributed by atoms with Gasteiger partial charge in [0.2, 0.25) is 0 Å². The molecule has 1 saturated heterocycles. The summed E-state index contributed by atoms with van der Waals surface area (Å²) in [5.41, 5.74) is -3.17. The first-order chi connectivity index (χ1) is 16.7. The van der Waals surface area contributed by atoms with Gasteiger partial charge in [0.25, 0.3) is 5.91 Å². The standard InChI is InChI=1S/C24H26F6N5O/c1-35(2,15-22(36)34-9-4-5-19(34)14-31)10-8-32-21-7-3-6-20(33-21)16-11-17(23(25,26)27)13-18(12-16)24(28,29)30/h3,6-7,11-13,19H,4-5,8-10,15H2,1-2H3,(H,32,33)/q+1/t19-/m0/s1. The molecule has 36 heavy (non-hydrogen) atoms. The molecule has 1 atom stereocenters. The first-order valence-electron chi connectivity index (χ1n) is 11.2. The molecule has 1 N–H and O–H groups in total. The summed E-state index contributed by atoms with van der Waals surface area (Å²) in [6.07, 6.45) is -8.45. The van der Waals surface area contributed by atoms with Crippen LogP contribution in [0.4, 0.5) is 32.2 Å². The quantitative estimate of drug-likeness (QED) is 0.426. The number of rotatable bonds is 7. The second-order valence-electron chi connectivity index (χ2n) is 9.32. The molecule has 12 heteroatoms. The van der Waals surface area contributed by atoms with Crippen LogP contribution in [-0.2, 0) is 17.1 Å². The number of pyridine rings is 1. The Hall–Kier alpha value is -3.33. The topological polar surface area (TPSA) is 69.0 Å². The molecule has 3 rings (SSSR count). The van der Waals surface area contributed by atoms with E-state index in [-0.39, 0.29) is 35.6 Å². The molecule has 1 aromatic heterocycles. The number of nitriles is 1.